The van der Waals surface area contributed by atoms with E-state index in [-0.39, 0.29) is 5.91 Å². The molecule has 2 N–H and O–H groups in total. The van der Waals surface area contributed by atoms with Crippen LogP contribution in [0.25, 0.3) is 0 Å². The summed E-state index contributed by atoms with van der Waals surface area (Å²) in [6, 6.07) is 10.2. The second-order valence-corrected chi connectivity index (χ2v) is 4.94. The van der Waals surface area contributed by atoms with Crippen molar-refractivity contribution in [1.29, 1.82) is 0 Å². The van der Waals surface area contributed by atoms with E-state index < -0.39 is 5.60 Å². The van der Waals surface area contributed by atoms with E-state index in [0.717, 1.165) is 32.4 Å². The van der Waals surface area contributed by atoms with Crippen molar-refractivity contribution in [2.75, 3.05) is 26.7 Å². The highest BCUT2D eigenvalue weighted by Gasteiger charge is 2.39. The van der Waals surface area contributed by atoms with Gasteiger partial charge in [0.05, 0.1) is 0 Å². The van der Waals surface area contributed by atoms with Crippen molar-refractivity contribution in [3.8, 4) is 0 Å². The molecule has 4 nitrogen and oxygen atoms in total. The van der Waals surface area contributed by atoms with E-state index in [0.29, 0.717) is 6.54 Å². The van der Waals surface area contributed by atoms with Crippen molar-refractivity contribution < 1.29 is 9.53 Å². The van der Waals surface area contributed by atoms with Gasteiger partial charge >= 0.3 is 0 Å². The van der Waals surface area contributed by atoms with Gasteiger partial charge in [0.1, 0.15) is 5.60 Å². The number of hydrogen-bond donors (Lipinski definition) is 2. The Bertz CT molecular complexity index is 400. The molecule has 1 fully saturated rings. The van der Waals surface area contributed by atoms with Crippen LogP contribution in [0.3, 0.4) is 0 Å². The van der Waals surface area contributed by atoms with Gasteiger partial charge in [-0.2, -0.15) is 0 Å². The molecular formula is C15H22N2O2. The molecule has 19 heavy (non-hydrogen) atoms. The average molecular weight is 262 g/mol. The zero-order valence-electron chi connectivity index (χ0n) is 11.4. The topological polar surface area (TPSA) is 50.4 Å². The summed E-state index contributed by atoms with van der Waals surface area (Å²) in [5.74, 6) is 0.0208. The van der Waals surface area contributed by atoms with E-state index in [1.165, 1.54) is 5.56 Å². The fraction of sp³-hybridized carbons (Fsp3) is 0.533. The molecule has 0 spiro atoms. The maximum atomic E-state index is 12.3. The van der Waals surface area contributed by atoms with Crippen LogP contribution in [0.1, 0.15) is 18.4 Å². The first-order valence-corrected chi connectivity index (χ1v) is 6.85. The molecule has 1 aliphatic heterocycles. The van der Waals surface area contributed by atoms with Gasteiger partial charge < -0.3 is 15.4 Å². The molecule has 2 rings (SSSR count). The number of carbonyl (C=O) groups excluding carboxylic acids is 1. The van der Waals surface area contributed by atoms with Gasteiger partial charge in [-0.3, -0.25) is 4.79 Å². The van der Waals surface area contributed by atoms with Gasteiger partial charge in [-0.1, -0.05) is 30.3 Å². The SMILES string of the molecule is COC1(C(=O)NCCc2ccccc2)CCNCC1. The van der Waals surface area contributed by atoms with Crippen LogP contribution < -0.4 is 10.6 Å². The second-order valence-electron chi connectivity index (χ2n) is 4.94. The van der Waals surface area contributed by atoms with Crippen LogP contribution in [0, 0.1) is 0 Å². The zero-order chi connectivity index (χ0) is 13.6. The molecule has 0 bridgehead atoms. The molecule has 0 atom stereocenters. The van der Waals surface area contributed by atoms with E-state index >= 15 is 0 Å². The number of carbonyl (C=O) groups is 1. The van der Waals surface area contributed by atoms with Crippen molar-refractivity contribution >= 4 is 5.91 Å². The van der Waals surface area contributed by atoms with Gasteiger partial charge in [-0.25, -0.2) is 0 Å². The predicted octanol–water partition coefficient (Wildman–Crippen LogP) is 1.11. The van der Waals surface area contributed by atoms with E-state index in [1.54, 1.807) is 7.11 Å². The van der Waals surface area contributed by atoms with E-state index in [1.807, 2.05) is 18.2 Å². The first kappa shape index (κ1) is 14.0. The maximum Gasteiger partial charge on any atom is 0.252 e. The molecule has 0 unspecified atom stereocenters. The highest BCUT2D eigenvalue weighted by atomic mass is 16.5. The van der Waals surface area contributed by atoms with Gasteiger partial charge in [0.2, 0.25) is 0 Å². The average Bonchev–Trinajstić information content (AvgIpc) is 2.49. The Balaban J connectivity index is 1.83. The number of methoxy groups -OCH3 is 1. The minimum atomic E-state index is -0.637. The first-order valence-electron chi connectivity index (χ1n) is 6.85. The fourth-order valence-electron chi connectivity index (χ4n) is 2.48. The van der Waals surface area contributed by atoms with Gasteiger partial charge in [0, 0.05) is 13.7 Å². The molecule has 1 aromatic rings. The second kappa shape index (κ2) is 6.68. The lowest BCUT2D eigenvalue weighted by atomic mass is 9.91. The van der Waals surface area contributed by atoms with Crippen LogP contribution in [0.2, 0.25) is 0 Å². The third-order valence-corrected chi connectivity index (χ3v) is 3.76. The van der Waals surface area contributed by atoms with Crippen molar-refractivity contribution in [1.82, 2.24) is 10.6 Å². The molecule has 0 saturated carbocycles. The number of piperidine rings is 1. The monoisotopic (exact) mass is 262 g/mol. The summed E-state index contributed by atoms with van der Waals surface area (Å²) >= 11 is 0. The third-order valence-electron chi connectivity index (χ3n) is 3.76. The third kappa shape index (κ3) is 3.55. The maximum absolute atomic E-state index is 12.3. The number of rotatable bonds is 5. The molecule has 0 aromatic heterocycles. The van der Waals surface area contributed by atoms with Crippen LogP contribution in [-0.4, -0.2) is 38.3 Å². The smallest absolute Gasteiger partial charge is 0.252 e. The lowest BCUT2D eigenvalue weighted by molar-refractivity contribution is -0.146. The number of nitrogens with one attached hydrogen (secondary N) is 2. The van der Waals surface area contributed by atoms with Gasteiger partial charge in [0.15, 0.2) is 0 Å². The van der Waals surface area contributed by atoms with Gasteiger partial charge in [0.25, 0.3) is 5.91 Å². The van der Waals surface area contributed by atoms with Crippen LogP contribution in [0.4, 0.5) is 0 Å². The molecule has 1 heterocycles. The van der Waals surface area contributed by atoms with Crippen LogP contribution >= 0.6 is 0 Å². The van der Waals surface area contributed by atoms with Crippen molar-refractivity contribution in [3.05, 3.63) is 35.9 Å². The first-order chi connectivity index (χ1) is 9.27. The Kier molecular flexibility index (Phi) is 4.93. The Labute approximate surface area is 114 Å². The molecule has 1 amide bonds. The fourth-order valence-corrected chi connectivity index (χ4v) is 2.48. The van der Waals surface area contributed by atoms with Crippen molar-refractivity contribution in [2.24, 2.45) is 0 Å². The summed E-state index contributed by atoms with van der Waals surface area (Å²) in [6.07, 6.45) is 2.33. The van der Waals surface area contributed by atoms with Crippen molar-refractivity contribution in [3.63, 3.8) is 0 Å². The van der Waals surface area contributed by atoms with Crippen LogP contribution in [0.5, 0.6) is 0 Å². The Morgan fingerprint density at radius 2 is 2.00 bits per heavy atom. The number of amides is 1. The van der Waals surface area contributed by atoms with Crippen LogP contribution in [-0.2, 0) is 16.0 Å². The summed E-state index contributed by atoms with van der Waals surface area (Å²) in [4.78, 5) is 12.3. The molecule has 0 aliphatic carbocycles. The van der Waals surface area contributed by atoms with E-state index in [4.69, 9.17) is 4.74 Å². The molecule has 1 aliphatic rings. The summed E-state index contributed by atoms with van der Waals surface area (Å²) in [5.41, 5.74) is 0.599. The standard InChI is InChI=1S/C15H22N2O2/c1-19-15(8-11-16-12-9-15)14(18)17-10-7-13-5-3-2-4-6-13/h2-6,16H,7-12H2,1H3,(H,17,18). The molecule has 1 saturated heterocycles. The molecular weight excluding hydrogens is 240 g/mol. The Morgan fingerprint density at radius 3 is 2.63 bits per heavy atom. The van der Waals surface area contributed by atoms with Crippen LogP contribution in [0.15, 0.2) is 30.3 Å². The number of ether oxygens (including phenoxy) is 1. The molecule has 104 valence electrons. The minimum Gasteiger partial charge on any atom is -0.368 e. The largest absolute Gasteiger partial charge is 0.368 e. The lowest BCUT2D eigenvalue weighted by Gasteiger charge is -2.34. The summed E-state index contributed by atoms with van der Waals surface area (Å²) in [5, 5.41) is 6.25. The number of hydrogen-bond acceptors (Lipinski definition) is 3. The van der Waals surface area contributed by atoms with Gasteiger partial charge in [-0.15, -0.1) is 0 Å². The summed E-state index contributed by atoms with van der Waals surface area (Å²) in [7, 11) is 1.63. The molecule has 1 aromatic carbocycles. The molecule has 0 radical (unpaired) electrons. The van der Waals surface area contributed by atoms with E-state index in [2.05, 4.69) is 22.8 Å². The van der Waals surface area contributed by atoms with Crippen molar-refractivity contribution in [2.45, 2.75) is 24.9 Å². The summed E-state index contributed by atoms with van der Waals surface area (Å²) < 4.78 is 5.49. The quantitative estimate of drug-likeness (QED) is 0.836. The minimum absolute atomic E-state index is 0.0208. The lowest BCUT2D eigenvalue weighted by Crippen LogP contribution is -2.54. The predicted molar refractivity (Wildman–Crippen MR) is 75.0 cm³/mol. The highest BCUT2D eigenvalue weighted by molar-refractivity contribution is 5.85. The Hall–Kier alpha value is -1.39. The van der Waals surface area contributed by atoms with Gasteiger partial charge in [-0.05, 0) is 37.9 Å². The van der Waals surface area contributed by atoms with E-state index in [9.17, 15) is 4.79 Å². The normalized spacial score (nSPS) is 17.9. The molecule has 4 heteroatoms. The Morgan fingerprint density at radius 1 is 1.32 bits per heavy atom. The summed E-state index contributed by atoms with van der Waals surface area (Å²) in [6.45, 7) is 2.32. The zero-order valence-corrected chi connectivity index (χ0v) is 11.4. The number of benzene rings is 1. The highest BCUT2D eigenvalue weighted by Crippen LogP contribution is 2.22.